The summed E-state index contributed by atoms with van der Waals surface area (Å²) in [5.74, 6) is 0.782. The first kappa shape index (κ1) is 20.9. The summed E-state index contributed by atoms with van der Waals surface area (Å²) in [5.41, 5.74) is 2.37. The maximum absolute atomic E-state index is 12.7. The highest BCUT2D eigenvalue weighted by molar-refractivity contribution is 5.94. The van der Waals surface area contributed by atoms with Gasteiger partial charge in [-0.05, 0) is 25.5 Å². The highest BCUT2D eigenvalue weighted by atomic mass is 35.5. The number of hydrogen-bond acceptors (Lipinski definition) is 5. The molecule has 0 aromatic carbocycles. The normalized spacial score (nSPS) is 20.0. The van der Waals surface area contributed by atoms with E-state index < -0.39 is 0 Å². The summed E-state index contributed by atoms with van der Waals surface area (Å²) >= 11 is 0. The number of carbonyl (C=O) groups is 1. The molecule has 1 fully saturated rings. The molecule has 2 aliphatic rings. The van der Waals surface area contributed by atoms with E-state index in [9.17, 15) is 4.79 Å². The summed E-state index contributed by atoms with van der Waals surface area (Å²) in [6.45, 7) is 5.47. The van der Waals surface area contributed by atoms with Gasteiger partial charge in [-0.15, -0.1) is 24.8 Å². The van der Waals surface area contributed by atoms with Gasteiger partial charge in [0.1, 0.15) is 0 Å². The Kier molecular flexibility index (Phi) is 7.23. The molecule has 1 atom stereocenters. The SMILES string of the molecule is Cl.Cl.Cn1ccnc1C(=O)C1CCCN(Cc2cc3n(n2)CCNC3)C1. The van der Waals surface area contributed by atoms with Crippen LogP contribution < -0.4 is 5.32 Å². The van der Waals surface area contributed by atoms with Gasteiger partial charge in [0.2, 0.25) is 5.78 Å². The number of ketones is 1. The number of hydrogen-bond donors (Lipinski definition) is 1. The van der Waals surface area contributed by atoms with Gasteiger partial charge in [-0.3, -0.25) is 14.4 Å². The van der Waals surface area contributed by atoms with Gasteiger partial charge in [0, 0.05) is 51.5 Å². The average molecular weight is 401 g/mol. The van der Waals surface area contributed by atoms with E-state index in [0.717, 1.165) is 57.8 Å². The molecule has 0 bridgehead atoms. The lowest BCUT2D eigenvalue weighted by Gasteiger charge is -2.31. The van der Waals surface area contributed by atoms with Gasteiger partial charge in [0.15, 0.2) is 5.82 Å². The number of carbonyl (C=O) groups excluding carboxylic acids is 1. The number of halogens is 2. The molecule has 4 heterocycles. The molecule has 1 saturated heterocycles. The van der Waals surface area contributed by atoms with E-state index in [4.69, 9.17) is 5.10 Å². The Morgan fingerprint density at radius 1 is 1.35 bits per heavy atom. The molecule has 144 valence electrons. The fourth-order valence-corrected chi connectivity index (χ4v) is 3.76. The molecule has 7 nitrogen and oxygen atoms in total. The van der Waals surface area contributed by atoms with Crippen molar-refractivity contribution in [2.75, 3.05) is 19.6 Å². The Balaban J connectivity index is 0.00000121. The smallest absolute Gasteiger partial charge is 0.202 e. The highest BCUT2D eigenvalue weighted by Gasteiger charge is 2.29. The van der Waals surface area contributed by atoms with Crippen molar-refractivity contribution in [1.82, 2.24) is 29.5 Å². The maximum Gasteiger partial charge on any atom is 0.202 e. The van der Waals surface area contributed by atoms with E-state index in [-0.39, 0.29) is 36.5 Å². The van der Waals surface area contributed by atoms with Crippen LogP contribution in [0, 0.1) is 5.92 Å². The molecular weight excluding hydrogens is 375 g/mol. The minimum absolute atomic E-state index is 0. The van der Waals surface area contributed by atoms with Gasteiger partial charge in [0.25, 0.3) is 0 Å². The first-order valence-corrected chi connectivity index (χ1v) is 8.71. The number of likely N-dealkylation sites (tertiary alicyclic amines) is 1. The lowest BCUT2D eigenvalue weighted by Crippen LogP contribution is -2.39. The van der Waals surface area contributed by atoms with Crippen LogP contribution in [-0.2, 0) is 26.7 Å². The van der Waals surface area contributed by atoms with Crippen LogP contribution in [0.5, 0.6) is 0 Å². The summed E-state index contributed by atoms with van der Waals surface area (Å²) < 4.78 is 3.92. The summed E-state index contributed by atoms with van der Waals surface area (Å²) in [4.78, 5) is 19.3. The third kappa shape index (κ3) is 4.28. The Hall–Kier alpha value is -1.41. The van der Waals surface area contributed by atoms with Crippen LogP contribution in [0.25, 0.3) is 0 Å². The number of fused-ring (bicyclic) bond motifs is 1. The van der Waals surface area contributed by atoms with Gasteiger partial charge < -0.3 is 9.88 Å². The number of aromatic nitrogens is 4. The van der Waals surface area contributed by atoms with E-state index in [1.807, 2.05) is 17.8 Å². The number of rotatable bonds is 4. The van der Waals surface area contributed by atoms with E-state index in [2.05, 4.69) is 25.9 Å². The zero-order chi connectivity index (χ0) is 16.5. The Labute approximate surface area is 166 Å². The number of nitrogens with zero attached hydrogens (tertiary/aromatic N) is 5. The lowest BCUT2D eigenvalue weighted by atomic mass is 9.93. The first-order valence-electron chi connectivity index (χ1n) is 8.71. The molecule has 0 saturated carbocycles. The van der Waals surface area contributed by atoms with E-state index in [0.29, 0.717) is 5.82 Å². The Bertz CT molecular complexity index is 720. The summed E-state index contributed by atoms with van der Waals surface area (Å²) in [7, 11) is 1.88. The molecule has 0 radical (unpaired) electrons. The quantitative estimate of drug-likeness (QED) is 0.790. The van der Waals surface area contributed by atoms with Crippen molar-refractivity contribution in [1.29, 1.82) is 0 Å². The third-order valence-electron chi connectivity index (χ3n) is 5.02. The number of nitrogens with one attached hydrogen (secondary N) is 1. The van der Waals surface area contributed by atoms with E-state index >= 15 is 0 Å². The predicted octanol–water partition coefficient (Wildman–Crippen LogP) is 1.66. The molecule has 0 aliphatic carbocycles. The van der Waals surface area contributed by atoms with Crippen LogP contribution >= 0.6 is 24.8 Å². The zero-order valence-electron chi connectivity index (χ0n) is 14.9. The largest absolute Gasteiger partial charge is 0.332 e. The second kappa shape index (κ2) is 8.99. The fourth-order valence-electron chi connectivity index (χ4n) is 3.76. The summed E-state index contributed by atoms with van der Waals surface area (Å²) in [6, 6.07) is 2.19. The molecule has 0 spiro atoms. The highest BCUT2D eigenvalue weighted by Crippen LogP contribution is 2.22. The van der Waals surface area contributed by atoms with Crippen LogP contribution in [-0.4, -0.2) is 49.6 Å². The van der Waals surface area contributed by atoms with Crippen LogP contribution in [0.3, 0.4) is 0 Å². The second-order valence-electron chi connectivity index (χ2n) is 6.83. The third-order valence-corrected chi connectivity index (χ3v) is 5.02. The van der Waals surface area contributed by atoms with Crippen molar-refractivity contribution in [3.63, 3.8) is 0 Å². The zero-order valence-corrected chi connectivity index (χ0v) is 16.6. The topological polar surface area (TPSA) is 68.0 Å². The number of aryl methyl sites for hydroxylation is 1. The van der Waals surface area contributed by atoms with Gasteiger partial charge in [-0.2, -0.15) is 5.10 Å². The maximum atomic E-state index is 12.7. The fraction of sp³-hybridized carbons (Fsp3) is 0.588. The van der Waals surface area contributed by atoms with Crippen molar-refractivity contribution >= 4 is 30.6 Å². The van der Waals surface area contributed by atoms with Gasteiger partial charge in [-0.1, -0.05) is 0 Å². The number of piperidine rings is 1. The minimum Gasteiger partial charge on any atom is -0.332 e. The van der Waals surface area contributed by atoms with Crippen LogP contribution in [0.15, 0.2) is 18.5 Å². The monoisotopic (exact) mass is 400 g/mol. The number of Topliss-reactive ketones (excluding diaryl/α,β-unsaturated/α-hetero) is 1. The Morgan fingerprint density at radius 3 is 2.92 bits per heavy atom. The molecule has 2 aromatic rings. The van der Waals surface area contributed by atoms with Crippen molar-refractivity contribution in [2.24, 2.45) is 13.0 Å². The van der Waals surface area contributed by atoms with Crippen molar-refractivity contribution in [2.45, 2.75) is 32.5 Å². The van der Waals surface area contributed by atoms with Gasteiger partial charge >= 0.3 is 0 Å². The van der Waals surface area contributed by atoms with Crippen molar-refractivity contribution in [3.05, 3.63) is 35.7 Å². The van der Waals surface area contributed by atoms with Crippen LogP contribution in [0.4, 0.5) is 0 Å². The predicted molar refractivity (Wildman–Crippen MR) is 104 cm³/mol. The van der Waals surface area contributed by atoms with E-state index in [1.54, 1.807) is 6.20 Å². The molecule has 4 rings (SSSR count). The molecule has 0 amide bonds. The molecule has 2 aliphatic heterocycles. The molecular formula is C17H26Cl2N6O. The van der Waals surface area contributed by atoms with Crippen LogP contribution in [0.2, 0.25) is 0 Å². The van der Waals surface area contributed by atoms with E-state index in [1.165, 1.54) is 5.69 Å². The van der Waals surface area contributed by atoms with Gasteiger partial charge in [-0.25, -0.2) is 4.98 Å². The number of imidazole rings is 1. The second-order valence-corrected chi connectivity index (χ2v) is 6.83. The molecule has 1 N–H and O–H groups in total. The minimum atomic E-state index is 0. The first-order chi connectivity index (χ1) is 11.7. The standard InChI is InChI=1S/C17H24N6O.2ClH/c1-21-7-5-19-17(21)16(24)13-3-2-6-22(11-13)12-14-9-15-10-18-4-8-23(15)20-14;;/h5,7,9,13,18H,2-4,6,8,10-12H2,1H3;2*1H. The Morgan fingerprint density at radius 2 is 2.19 bits per heavy atom. The lowest BCUT2D eigenvalue weighted by molar-refractivity contribution is 0.0796. The molecule has 26 heavy (non-hydrogen) atoms. The van der Waals surface area contributed by atoms with Gasteiger partial charge in [0.05, 0.1) is 17.9 Å². The molecule has 9 heteroatoms. The summed E-state index contributed by atoms with van der Waals surface area (Å²) in [5, 5.41) is 8.08. The van der Waals surface area contributed by atoms with Crippen molar-refractivity contribution in [3.8, 4) is 0 Å². The summed E-state index contributed by atoms with van der Waals surface area (Å²) in [6.07, 6.45) is 5.52. The average Bonchev–Trinajstić information content (AvgIpc) is 3.19. The molecule has 1 unspecified atom stereocenters. The van der Waals surface area contributed by atoms with Crippen LogP contribution in [0.1, 0.15) is 34.8 Å². The van der Waals surface area contributed by atoms with Crippen molar-refractivity contribution < 1.29 is 4.79 Å². The molecule has 2 aromatic heterocycles.